The van der Waals surface area contributed by atoms with E-state index in [0.29, 0.717) is 19.5 Å². The molecule has 126 valence electrons. The maximum absolute atomic E-state index is 12.6. The van der Waals surface area contributed by atoms with Crippen molar-refractivity contribution in [2.75, 3.05) is 11.9 Å². The van der Waals surface area contributed by atoms with Gasteiger partial charge in [0.05, 0.1) is 6.54 Å². The minimum absolute atomic E-state index is 0.0826. The van der Waals surface area contributed by atoms with Gasteiger partial charge >= 0.3 is 6.03 Å². The summed E-state index contributed by atoms with van der Waals surface area (Å²) in [6.07, 6.45) is 1.55. The van der Waals surface area contributed by atoms with Gasteiger partial charge in [0.2, 0.25) is 5.91 Å². The molecule has 0 unspecified atom stereocenters. The van der Waals surface area contributed by atoms with Crippen LogP contribution in [0.3, 0.4) is 0 Å². The first-order chi connectivity index (χ1) is 11.6. The molecule has 1 aliphatic heterocycles. The number of amides is 3. The molecule has 6 heteroatoms. The maximum Gasteiger partial charge on any atom is 0.322 e. The normalized spacial score (nSPS) is 16.9. The van der Waals surface area contributed by atoms with Crippen LogP contribution in [0.15, 0.2) is 41.8 Å². The summed E-state index contributed by atoms with van der Waals surface area (Å²) in [5.74, 6) is -0.0826. The molecule has 3 rings (SSSR count). The Morgan fingerprint density at radius 2 is 2.08 bits per heavy atom. The van der Waals surface area contributed by atoms with Gasteiger partial charge in [0.15, 0.2) is 0 Å². The molecule has 1 aliphatic rings. The molecule has 3 amide bonds. The van der Waals surface area contributed by atoms with Crippen LogP contribution in [-0.4, -0.2) is 29.4 Å². The largest absolute Gasteiger partial charge is 0.349 e. The number of aryl methyl sites for hydroxylation is 1. The van der Waals surface area contributed by atoms with Gasteiger partial charge in [0.1, 0.15) is 6.04 Å². The fraction of sp³-hybridized carbons (Fsp3) is 0.333. The quantitative estimate of drug-likeness (QED) is 0.894. The molecular formula is C18H21N3O2S. The number of benzene rings is 1. The van der Waals surface area contributed by atoms with Crippen molar-refractivity contribution in [1.82, 2.24) is 10.2 Å². The number of nitrogens with zero attached hydrogens (tertiary/aromatic N) is 1. The van der Waals surface area contributed by atoms with E-state index in [-0.39, 0.29) is 11.9 Å². The molecule has 1 saturated heterocycles. The molecule has 2 aromatic rings. The highest BCUT2D eigenvalue weighted by Crippen LogP contribution is 2.21. The van der Waals surface area contributed by atoms with Gasteiger partial charge in [-0.25, -0.2) is 4.79 Å². The topological polar surface area (TPSA) is 61.4 Å². The molecule has 0 saturated carbocycles. The fourth-order valence-electron chi connectivity index (χ4n) is 2.89. The Morgan fingerprint density at radius 3 is 2.83 bits per heavy atom. The minimum Gasteiger partial charge on any atom is -0.349 e. The number of hydrogen-bond donors (Lipinski definition) is 2. The van der Waals surface area contributed by atoms with Crippen LogP contribution in [0.2, 0.25) is 0 Å². The summed E-state index contributed by atoms with van der Waals surface area (Å²) in [4.78, 5) is 27.7. The number of para-hydroxylation sites is 1. The second-order valence-corrected chi connectivity index (χ2v) is 6.93. The van der Waals surface area contributed by atoms with Crippen LogP contribution in [0.1, 0.15) is 23.3 Å². The first-order valence-electron chi connectivity index (χ1n) is 8.08. The highest BCUT2D eigenvalue weighted by Gasteiger charge is 2.34. The Morgan fingerprint density at radius 1 is 1.25 bits per heavy atom. The zero-order chi connectivity index (χ0) is 16.9. The van der Waals surface area contributed by atoms with Crippen molar-refractivity contribution in [2.24, 2.45) is 0 Å². The highest BCUT2D eigenvalue weighted by molar-refractivity contribution is 7.09. The summed E-state index contributed by atoms with van der Waals surface area (Å²) in [5, 5.41) is 7.84. The number of urea groups is 1. The standard InChI is InChI=1S/C18H21N3O2S/c1-13-6-2-3-8-15(13)20-18(23)21-10-4-9-16(21)17(22)19-12-14-7-5-11-24-14/h2-3,5-8,11,16H,4,9-10,12H2,1H3,(H,19,22)(H,20,23)/t16-/m1/s1. The van der Waals surface area contributed by atoms with Crippen molar-refractivity contribution in [3.8, 4) is 0 Å². The van der Waals surface area contributed by atoms with E-state index >= 15 is 0 Å². The van der Waals surface area contributed by atoms with Gasteiger partial charge in [0, 0.05) is 17.1 Å². The predicted molar refractivity (Wildman–Crippen MR) is 96.1 cm³/mol. The van der Waals surface area contributed by atoms with Gasteiger partial charge in [-0.15, -0.1) is 11.3 Å². The SMILES string of the molecule is Cc1ccccc1NC(=O)N1CCC[C@@H]1C(=O)NCc1cccs1. The lowest BCUT2D eigenvalue weighted by molar-refractivity contribution is -0.124. The lowest BCUT2D eigenvalue weighted by Gasteiger charge is -2.24. The summed E-state index contributed by atoms with van der Waals surface area (Å²) >= 11 is 1.61. The molecule has 1 fully saturated rings. The Balaban J connectivity index is 1.61. The molecule has 0 radical (unpaired) electrons. The van der Waals surface area contributed by atoms with E-state index in [1.54, 1.807) is 16.2 Å². The van der Waals surface area contributed by atoms with E-state index in [4.69, 9.17) is 0 Å². The van der Waals surface area contributed by atoms with E-state index in [1.165, 1.54) is 0 Å². The molecule has 0 spiro atoms. The Kier molecular flexibility index (Phi) is 5.15. The van der Waals surface area contributed by atoms with Crippen molar-refractivity contribution >= 4 is 29.0 Å². The van der Waals surface area contributed by atoms with Crippen LogP contribution in [0.4, 0.5) is 10.5 Å². The van der Waals surface area contributed by atoms with Gasteiger partial charge in [-0.2, -0.15) is 0 Å². The lowest BCUT2D eigenvalue weighted by atomic mass is 10.2. The maximum atomic E-state index is 12.6. The third-order valence-electron chi connectivity index (χ3n) is 4.22. The van der Waals surface area contributed by atoms with E-state index in [2.05, 4.69) is 10.6 Å². The van der Waals surface area contributed by atoms with Crippen LogP contribution < -0.4 is 10.6 Å². The molecule has 0 aliphatic carbocycles. The van der Waals surface area contributed by atoms with Gasteiger partial charge in [-0.3, -0.25) is 4.79 Å². The van der Waals surface area contributed by atoms with Gasteiger partial charge in [0.25, 0.3) is 0 Å². The van der Waals surface area contributed by atoms with Crippen LogP contribution in [-0.2, 0) is 11.3 Å². The number of thiophene rings is 1. The molecule has 2 N–H and O–H groups in total. The molecular weight excluding hydrogens is 322 g/mol. The average molecular weight is 343 g/mol. The number of nitrogens with one attached hydrogen (secondary N) is 2. The zero-order valence-electron chi connectivity index (χ0n) is 13.6. The van der Waals surface area contributed by atoms with E-state index in [9.17, 15) is 9.59 Å². The number of rotatable bonds is 4. The minimum atomic E-state index is -0.394. The van der Waals surface area contributed by atoms with Gasteiger partial charge in [-0.05, 0) is 42.8 Å². The van der Waals surface area contributed by atoms with Crippen molar-refractivity contribution in [3.63, 3.8) is 0 Å². The molecule has 24 heavy (non-hydrogen) atoms. The van der Waals surface area contributed by atoms with Crippen LogP contribution >= 0.6 is 11.3 Å². The third-order valence-corrected chi connectivity index (χ3v) is 5.10. The Labute approximate surface area is 145 Å². The first-order valence-corrected chi connectivity index (χ1v) is 8.96. The van der Waals surface area contributed by atoms with Crippen LogP contribution in [0.25, 0.3) is 0 Å². The summed E-state index contributed by atoms with van der Waals surface area (Å²) in [6, 6.07) is 11.0. The number of hydrogen-bond acceptors (Lipinski definition) is 3. The summed E-state index contributed by atoms with van der Waals surface area (Å²) < 4.78 is 0. The zero-order valence-corrected chi connectivity index (χ0v) is 14.4. The first kappa shape index (κ1) is 16.5. The Hall–Kier alpha value is -2.34. The monoisotopic (exact) mass is 343 g/mol. The number of carbonyl (C=O) groups is 2. The van der Waals surface area contributed by atoms with Crippen molar-refractivity contribution < 1.29 is 9.59 Å². The van der Waals surface area contributed by atoms with Gasteiger partial charge in [-0.1, -0.05) is 24.3 Å². The second-order valence-electron chi connectivity index (χ2n) is 5.89. The van der Waals surface area contributed by atoms with E-state index in [0.717, 1.165) is 22.5 Å². The predicted octanol–water partition coefficient (Wildman–Crippen LogP) is 3.37. The van der Waals surface area contributed by atoms with E-state index in [1.807, 2.05) is 48.7 Å². The van der Waals surface area contributed by atoms with Crippen LogP contribution in [0.5, 0.6) is 0 Å². The van der Waals surface area contributed by atoms with Crippen molar-refractivity contribution in [2.45, 2.75) is 32.4 Å². The summed E-state index contributed by atoms with van der Waals surface area (Å²) in [6.45, 7) is 3.07. The number of likely N-dealkylation sites (tertiary alicyclic amines) is 1. The Bertz CT molecular complexity index is 715. The second kappa shape index (κ2) is 7.49. The smallest absolute Gasteiger partial charge is 0.322 e. The molecule has 0 bridgehead atoms. The summed E-state index contributed by atoms with van der Waals surface area (Å²) in [7, 11) is 0. The molecule has 5 nitrogen and oxygen atoms in total. The highest BCUT2D eigenvalue weighted by atomic mass is 32.1. The van der Waals surface area contributed by atoms with Gasteiger partial charge < -0.3 is 15.5 Å². The summed E-state index contributed by atoms with van der Waals surface area (Å²) in [5.41, 5.74) is 1.79. The third kappa shape index (κ3) is 3.76. The molecule has 1 aromatic carbocycles. The van der Waals surface area contributed by atoms with E-state index < -0.39 is 6.04 Å². The van der Waals surface area contributed by atoms with Crippen molar-refractivity contribution in [1.29, 1.82) is 0 Å². The molecule has 1 aromatic heterocycles. The van der Waals surface area contributed by atoms with Crippen molar-refractivity contribution in [3.05, 3.63) is 52.2 Å². The number of anilines is 1. The number of carbonyl (C=O) groups excluding carboxylic acids is 2. The lowest BCUT2D eigenvalue weighted by Crippen LogP contribution is -2.47. The molecule has 2 heterocycles. The molecule has 1 atom stereocenters. The van der Waals surface area contributed by atoms with Crippen LogP contribution in [0, 0.1) is 6.92 Å². The average Bonchev–Trinajstić information content (AvgIpc) is 3.26. The fourth-order valence-corrected chi connectivity index (χ4v) is 3.53.